The number of aromatic nitrogens is 3. The van der Waals surface area contributed by atoms with Gasteiger partial charge in [0.05, 0.1) is 25.3 Å². The van der Waals surface area contributed by atoms with Crippen LogP contribution in [0.25, 0.3) is 0 Å². The molecule has 1 amide bonds. The van der Waals surface area contributed by atoms with Crippen molar-refractivity contribution in [3.63, 3.8) is 0 Å². The highest BCUT2D eigenvalue weighted by Crippen LogP contribution is 2.25. The number of amides is 1. The van der Waals surface area contributed by atoms with E-state index in [0.29, 0.717) is 19.6 Å². The molecule has 0 aliphatic carbocycles. The van der Waals surface area contributed by atoms with Crippen LogP contribution in [0.15, 0.2) is 61.1 Å². The van der Waals surface area contributed by atoms with E-state index in [4.69, 9.17) is 9.84 Å². The lowest BCUT2D eigenvalue weighted by Crippen LogP contribution is -2.32. The Morgan fingerprint density at radius 3 is 2.85 bits per heavy atom. The first-order valence-electron chi connectivity index (χ1n) is 9.15. The SMILES string of the molecule is O=C(Cc1cccnc1)NC[C@H]1OCCc2cn(Cc3ccccc3)nc21. The first kappa shape index (κ1) is 17.4. The molecule has 0 fully saturated rings. The Bertz CT molecular complexity index is 893. The summed E-state index contributed by atoms with van der Waals surface area (Å²) in [7, 11) is 0. The molecule has 1 atom stereocenters. The summed E-state index contributed by atoms with van der Waals surface area (Å²) >= 11 is 0. The summed E-state index contributed by atoms with van der Waals surface area (Å²) in [5.41, 5.74) is 4.23. The van der Waals surface area contributed by atoms with Crippen molar-refractivity contribution in [3.05, 3.63) is 83.4 Å². The fourth-order valence-corrected chi connectivity index (χ4v) is 3.30. The van der Waals surface area contributed by atoms with Gasteiger partial charge in [0.25, 0.3) is 0 Å². The van der Waals surface area contributed by atoms with Gasteiger partial charge in [0, 0.05) is 25.1 Å². The van der Waals surface area contributed by atoms with Crippen LogP contribution in [-0.2, 0) is 28.9 Å². The van der Waals surface area contributed by atoms with E-state index < -0.39 is 0 Å². The van der Waals surface area contributed by atoms with Crippen molar-refractivity contribution < 1.29 is 9.53 Å². The summed E-state index contributed by atoms with van der Waals surface area (Å²) in [4.78, 5) is 16.2. The zero-order valence-electron chi connectivity index (χ0n) is 15.0. The Morgan fingerprint density at radius 1 is 1.19 bits per heavy atom. The molecule has 4 rings (SSSR count). The van der Waals surface area contributed by atoms with Crippen molar-refractivity contribution in [2.75, 3.05) is 13.2 Å². The van der Waals surface area contributed by atoms with Crippen LogP contribution in [0, 0.1) is 0 Å². The van der Waals surface area contributed by atoms with Gasteiger partial charge in [-0.2, -0.15) is 5.10 Å². The topological polar surface area (TPSA) is 69.0 Å². The van der Waals surface area contributed by atoms with Gasteiger partial charge in [0.1, 0.15) is 6.10 Å². The van der Waals surface area contributed by atoms with Crippen LogP contribution in [0.1, 0.15) is 28.5 Å². The van der Waals surface area contributed by atoms with E-state index in [1.165, 1.54) is 11.1 Å². The summed E-state index contributed by atoms with van der Waals surface area (Å²) in [6.07, 6.45) is 6.46. The predicted octanol–water partition coefficient (Wildman–Crippen LogP) is 2.30. The van der Waals surface area contributed by atoms with Gasteiger partial charge in [0.2, 0.25) is 5.91 Å². The number of hydrogen-bond donors (Lipinski definition) is 1. The Hall–Kier alpha value is -2.99. The van der Waals surface area contributed by atoms with Gasteiger partial charge in [-0.05, 0) is 29.2 Å². The van der Waals surface area contributed by atoms with Crippen LogP contribution in [0.4, 0.5) is 0 Å². The second-order valence-corrected chi connectivity index (χ2v) is 6.67. The minimum absolute atomic E-state index is 0.0394. The van der Waals surface area contributed by atoms with Crippen LogP contribution in [0.2, 0.25) is 0 Å². The molecule has 1 N–H and O–H groups in total. The molecular weight excluding hydrogens is 340 g/mol. The van der Waals surface area contributed by atoms with Crippen LogP contribution in [0.3, 0.4) is 0 Å². The first-order valence-corrected chi connectivity index (χ1v) is 9.15. The highest BCUT2D eigenvalue weighted by atomic mass is 16.5. The summed E-state index contributed by atoms with van der Waals surface area (Å²) in [5.74, 6) is -0.0394. The molecule has 0 radical (unpaired) electrons. The number of ether oxygens (including phenoxy) is 1. The standard InChI is InChI=1S/C21H22N4O2/c26-20(11-17-7-4-9-22-12-17)23-13-19-21-18(8-10-27-19)15-25(24-21)14-16-5-2-1-3-6-16/h1-7,9,12,15,19H,8,10-11,13-14H2,(H,23,26)/t19-/m1/s1. The molecule has 1 aliphatic heterocycles. The number of nitrogens with one attached hydrogen (secondary N) is 1. The van der Waals surface area contributed by atoms with Gasteiger partial charge in [0.15, 0.2) is 0 Å². The number of fused-ring (bicyclic) bond motifs is 1. The lowest BCUT2D eigenvalue weighted by atomic mass is 10.1. The lowest BCUT2D eigenvalue weighted by molar-refractivity contribution is -0.121. The molecule has 1 aliphatic rings. The van der Waals surface area contributed by atoms with E-state index in [0.717, 1.165) is 24.2 Å². The van der Waals surface area contributed by atoms with Gasteiger partial charge in [-0.25, -0.2) is 0 Å². The molecule has 27 heavy (non-hydrogen) atoms. The zero-order chi connectivity index (χ0) is 18.5. The van der Waals surface area contributed by atoms with Gasteiger partial charge >= 0.3 is 0 Å². The molecule has 2 aromatic heterocycles. The summed E-state index contributed by atoms with van der Waals surface area (Å²) in [5, 5.41) is 7.68. The molecule has 6 heteroatoms. The number of rotatable bonds is 6. The lowest BCUT2D eigenvalue weighted by Gasteiger charge is -2.22. The number of nitrogens with zero attached hydrogens (tertiary/aromatic N) is 3. The second-order valence-electron chi connectivity index (χ2n) is 6.67. The Balaban J connectivity index is 1.38. The fraction of sp³-hybridized carbons (Fsp3) is 0.286. The van der Waals surface area contributed by atoms with Crippen LogP contribution >= 0.6 is 0 Å². The van der Waals surface area contributed by atoms with Crippen LogP contribution < -0.4 is 5.32 Å². The molecule has 0 saturated heterocycles. The highest BCUT2D eigenvalue weighted by molar-refractivity contribution is 5.78. The third-order valence-corrected chi connectivity index (χ3v) is 4.62. The van der Waals surface area contributed by atoms with Crippen molar-refractivity contribution in [3.8, 4) is 0 Å². The van der Waals surface area contributed by atoms with Gasteiger partial charge in [-0.3, -0.25) is 14.5 Å². The van der Waals surface area contributed by atoms with E-state index in [1.54, 1.807) is 12.4 Å². The average Bonchev–Trinajstić information content (AvgIpc) is 3.11. The van der Waals surface area contributed by atoms with E-state index in [9.17, 15) is 4.79 Å². The smallest absolute Gasteiger partial charge is 0.224 e. The molecular formula is C21H22N4O2. The summed E-state index contributed by atoms with van der Waals surface area (Å²) < 4.78 is 7.82. The number of pyridine rings is 1. The third-order valence-electron chi connectivity index (χ3n) is 4.62. The van der Waals surface area contributed by atoms with Crippen molar-refractivity contribution >= 4 is 5.91 Å². The maximum Gasteiger partial charge on any atom is 0.224 e. The normalized spacial score (nSPS) is 15.9. The minimum atomic E-state index is -0.205. The molecule has 1 aromatic carbocycles. The maximum absolute atomic E-state index is 12.2. The molecule has 138 valence electrons. The van der Waals surface area contributed by atoms with Gasteiger partial charge < -0.3 is 10.1 Å². The fourth-order valence-electron chi connectivity index (χ4n) is 3.30. The molecule has 0 bridgehead atoms. The van der Waals surface area contributed by atoms with Crippen LogP contribution in [0.5, 0.6) is 0 Å². The van der Waals surface area contributed by atoms with E-state index in [1.807, 2.05) is 35.0 Å². The van der Waals surface area contributed by atoms with E-state index in [-0.39, 0.29) is 12.0 Å². The summed E-state index contributed by atoms with van der Waals surface area (Å²) in [6.45, 7) is 1.80. The third kappa shape index (κ3) is 4.41. The van der Waals surface area contributed by atoms with Crippen molar-refractivity contribution in [2.24, 2.45) is 0 Å². The first-order chi connectivity index (χ1) is 13.3. The number of benzene rings is 1. The molecule has 3 aromatic rings. The zero-order valence-corrected chi connectivity index (χ0v) is 15.0. The van der Waals surface area contributed by atoms with Crippen molar-refractivity contribution in [1.82, 2.24) is 20.1 Å². The Labute approximate surface area is 158 Å². The monoisotopic (exact) mass is 362 g/mol. The number of carbonyl (C=O) groups excluding carboxylic acids is 1. The molecule has 3 heterocycles. The Morgan fingerprint density at radius 2 is 2.04 bits per heavy atom. The minimum Gasteiger partial charge on any atom is -0.370 e. The Kier molecular flexibility index (Phi) is 5.25. The highest BCUT2D eigenvalue weighted by Gasteiger charge is 2.25. The molecule has 0 saturated carbocycles. The van der Waals surface area contributed by atoms with Crippen molar-refractivity contribution in [1.29, 1.82) is 0 Å². The average molecular weight is 362 g/mol. The van der Waals surface area contributed by atoms with E-state index in [2.05, 4.69) is 28.6 Å². The maximum atomic E-state index is 12.2. The molecule has 0 spiro atoms. The van der Waals surface area contributed by atoms with E-state index >= 15 is 0 Å². The predicted molar refractivity (Wildman–Crippen MR) is 101 cm³/mol. The summed E-state index contributed by atoms with van der Waals surface area (Å²) in [6, 6.07) is 14.0. The molecule has 0 unspecified atom stereocenters. The quantitative estimate of drug-likeness (QED) is 0.731. The number of carbonyl (C=O) groups is 1. The number of hydrogen-bond acceptors (Lipinski definition) is 4. The van der Waals surface area contributed by atoms with Gasteiger partial charge in [-0.15, -0.1) is 0 Å². The molecule has 6 nitrogen and oxygen atoms in total. The van der Waals surface area contributed by atoms with Gasteiger partial charge in [-0.1, -0.05) is 36.4 Å². The largest absolute Gasteiger partial charge is 0.370 e. The van der Waals surface area contributed by atoms with Crippen molar-refractivity contribution in [2.45, 2.75) is 25.5 Å². The second kappa shape index (κ2) is 8.14. The van der Waals surface area contributed by atoms with Crippen LogP contribution in [-0.4, -0.2) is 33.8 Å².